The fraction of sp³-hybridized carbons (Fsp3) is 0.561. The first-order valence-electron chi connectivity index (χ1n) is 20.0. The van der Waals surface area contributed by atoms with E-state index in [0.717, 1.165) is 32.2 Å². The van der Waals surface area contributed by atoms with Gasteiger partial charge in [0.05, 0.1) is 24.2 Å². The Morgan fingerprint density at radius 1 is 1.10 bits per heavy atom. The van der Waals surface area contributed by atoms with Crippen molar-refractivity contribution in [3.05, 3.63) is 45.0 Å². The molecule has 15 nitrogen and oxygen atoms in total. The Morgan fingerprint density at radius 3 is 2.69 bits per heavy atom. The lowest BCUT2D eigenvalue weighted by atomic mass is 9.95. The average molecular weight is 929 g/mol. The van der Waals surface area contributed by atoms with E-state index < -0.39 is 50.7 Å². The number of halogens is 3. The third kappa shape index (κ3) is 7.87. The number of pyridine rings is 1. The number of hydrogen-bond donors (Lipinski definition) is 0. The highest BCUT2D eigenvalue weighted by Crippen LogP contribution is 2.46. The molecule has 0 N–H and O–H groups in total. The first-order valence-corrected chi connectivity index (χ1v) is 22.0. The molecule has 0 radical (unpaired) electrons. The molecule has 4 atom stereocenters. The molecule has 4 aliphatic heterocycles. The highest BCUT2D eigenvalue weighted by molar-refractivity contribution is 14.2. The number of aryl methyl sites for hydroxylation is 1. The summed E-state index contributed by atoms with van der Waals surface area (Å²) in [6.45, 7) is 11.5. The van der Waals surface area contributed by atoms with E-state index in [-0.39, 0.29) is 78.2 Å². The molecule has 1 amide bonds. The first kappa shape index (κ1) is 41.3. The summed E-state index contributed by atoms with van der Waals surface area (Å²) in [7, 11) is 1.50. The van der Waals surface area contributed by atoms with Crippen LogP contribution in [0.2, 0.25) is 0 Å². The van der Waals surface area contributed by atoms with Crippen molar-refractivity contribution in [3.8, 4) is 28.9 Å². The Kier molecular flexibility index (Phi) is 11.6. The van der Waals surface area contributed by atoms with Crippen LogP contribution in [0, 0.1) is 18.6 Å². The van der Waals surface area contributed by atoms with Crippen LogP contribution in [0.1, 0.15) is 65.4 Å². The number of amides is 1. The number of rotatable bonds is 11. The van der Waals surface area contributed by atoms with E-state index >= 15 is 8.78 Å². The molecule has 2 aromatic heterocycles. The number of ether oxygens (including phenoxy) is 5. The second-order valence-electron chi connectivity index (χ2n) is 16.7. The second-order valence-corrected chi connectivity index (χ2v) is 17.6. The van der Waals surface area contributed by atoms with Crippen molar-refractivity contribution in [3.63, 3.8) is 0 Å². The number of piperazine rings is 1. The topological polar surface area (TPSA) is 159 Å². The van der Waals surface area contributed by atoms with E-state index in [1.54, 1.807) is 30.0 Å². The summed E-state index contributed by atoms with van der Waals surface area (Å²) >= 11 is -1.26. The van der Waals surface area contributed by atoms with Crippen molar-refractivity contribution in [1.82, 2.24) is 24.8 Å². The van der Waals surface area contributed by atoms with Crippen LogP contribution in [-0.2, 0) is 9.47 Å². The van der Waals surface area contributed by atoms with Crippen molar-refractivity contribution in [2.45, 2.75) is 96.0 Å². The Hall–Kier alpha value is -4.43. The molecule has 18 heteroatoms. The van der Waals surface area contributed by atoms with E-state index in [1.807, 2.05) is 27.7 Å². The fourth-order valence-electron chi connectivity index (χ4n) is 9.22. The fourth-order valence-corrected chi connectivity index (χ4v) is 9.54. The van der Waals surface area contributed by atoms with E-state index in [4.69, 9.17) is 38.6 Å². The zero-order valence-electron chi connectivity index (χ0n) is 34.1. The molecular formula is C41H49F2IN9O6-. The van der Waals surface area contributed by atoms with Gasteiger partial charge in [0.2, 0.25) is 5.88 Å². The van der Waals surface area contributed by atoms with Crippen molar-refractivity contribution < 1.29 is 37.3 Å². The second kappa shape index (κ2) is 16.6. The lowest BCUT2D eigenvalue weighted by Crippen LogP contribution is -2.62. The molecule has 6 heterocycles. The van der Waals surface area contributed by atoms with Gasteiger partial charge < -0.3 is 37.0 Å². The van der Waals surface area contributed by atoms with Gasteiger partial charge in [-0.15, -0.1) is 21.3 Å². The third-order valence-corrected chi connectivity index (χ3v) is 12.5. The molecule has 2 aromatic carbocycles. The zero-order valence-corrected chi connectivity index (χ0v) is 36.3. The minimum atomic E-state index is -1.26. The summed E-state index contributed by atoms with van der Waals surface area (Å²) in [5.74, 6) is -0.339. The number of methoxy groups -OCH3 is 1. The Labute approximate surface area is 352 Å². The van der Waals surface area contributed by atoms with Gasteiger partial charge in [-0.05, 0) is 101 Å². The van der Waals surface area contributed by atoms with Gasteiger partial charge in [0.25, 0.3) is 0 Å². The SMILES string of the molecule is CC[C@@H]1CN2c3nc(OC[C@@]45CCCN4[C@H](CN=NI=[N-])CC5)nc4c(F)c(-c5cc(OCOC)cc6ccc(F)c(C)c56)nc(c34)OC[C@@H]2CN1C(=O)OC(C)(C)C. The molecular weight excluding hydrogens is 879 g/mol. The lowest BCUT2D eigenvalue weighted by molar-refractivity contribution is 0.00832. The zero-order chi connectivity index (χ0) is 41.6. The van der Waals surface area contributed by atoms with Crippen LogP contribution in [0.5, 0.6) is 17.6 Å². The van der Waals surface area contributed by atoms with Gasteiger partial charge in [0, 0.05) is 31.8 Å². The first-order chi connectivity index (χ1) is 28.3. The molecule has 0 unspecified atom stereocenters. The predicted molar refractivity (Wildman–Crippen MR) is 225 cm³/mol. The van der Waals surface area contributed by atoms with Gasteiger partial charge in [-0.1, -0.05) is 13.0 Å². The van der Waals surface area contributed by atoms with Crippen molar-refractivity contribution in [1.29, 1.82) is 0 Å². The minimum absolute atomic E-state index is 0.00331. The van der Waals surface area contributed by atoms with Crippen molar-refractivity contribution in [2.24, 2.45) is 8.44 Å². The summed E-state index contributed by atoms with van der Waals surface area (Å²) in [5, 5.41) is 5.58. The van der Waals surface area contributed by atoms with E-state index in [2.05, 4.69) is 18.2 Å². The van der Waals surface area contributed by atoms with Gasteiger partial charge in [0.15, 0.2) is 12.6 Å². The molecule has 0 aliphatic carbocycles. The summed E-state index contributed by atoms with van der Waals surface area (Å²) in [6, 6.07) is 5.86. The number of benzene rings is 2. The van der Waals surface area contributed by atoms with Gasteiger partial charge in [-0.2, -0.15) is 18.4 Å². The summed E-state index contributed by atoms with van der Waals surface area (Å²) < 4.78 is 75.8. The van der Waals surface area contributed by atoms with Crippen molar-refractivity contribution >= 4 is 54.9 Å². The van der Waals surface area contributed by atoms with Gasteiger partial charge in [-0.3, -0.25) is 4.90 Å². The molecule has 316 valence electrons. The average Bonchev–Trinajstić information content (AvgIpc) is 3.74. The van der Waals surface area contributed by atoms with Crippen LogP contribution in [0.4, 0.5) is 19.4 Å². The van der Waals surface area contributed by atoms with Crippen LogP contribution in [0.15, 0.2) is 32.7 Å². The number of aromatic nitrogens is 3. The van der Waals surface area contributed by atoms with Crippen LogP contribution >= 0.6 is 21.3 Å². The quantitative estimate of drug-likeness (QED) is 0.0807. The minimum Gasteiger partial charge on any atom is -0.753 e. The standard InChI is InChI=1S/C41H49F2IN9O6/c1-7-25-18-51-27(19-52(25)39(54)59-40(3,4)5)20-56-37-32-35(33(43)34(47-37)29-16-28(58-22-55-6)15-24-9-10-30(42)23(2)31(24)29)48-38(49-36(32)51)57-21-41-12-8-14-53(41)26(11-13-41)17-46-50-44-45/h9-10,15-16,25-27H,7-8,11-14,17-22H2,1-6H3/q-1/t25-,26+,27+,41+/m1/s1. The van der Waals surface area contributed by atoms with Gasteiger partial charge in [0.1, 0.15) is 52.8 Å². The monoisotopic (exact) mass is 928 g/mol. The third-order valence-electron chi connectivity index (χ3n) is 12.0. The maximum absolute atomic E-state index is 17.6. The molecule has 0 saturated carbocycles. The highest BCUT2D eigenvalue weighted by atomic mass is 127. The van der Waals surface area contributed by atoms with E-state index in [0.29, 0.717) is 47.4 Å². The number of hydrogen-bond acceptors (Lipinski definition) is 12. The van der Waals surface area contributed by atoms with Crippen LogP contribution in [-0.4, -0.2) is 113 Å². The normalized spacial score (nSPS) is 23.1. The Balaban J connectivity index is 1.26. The number of carbonyl (C=O) groups excluding carboxylic acids is 1. The van der Waals surface area contributed by atoms with Crippen molar-refractivity contribution in [2.75, 3.05) is 58.2 Å². The number of carbonyl (C=O) groups is 1. The Morgan fingerprint density at radius 2 is 1.93 bits per heavy atom. The summed E-state index contributed by atoms with van der Waals surface area (Å²) in [6.07, 6.45) is 3.88. The highest BCUT2D eigenvalue weighted by Gasteiger charge is 2.50. The maximum Gasteiger partial charge on any atom is 0.410 e. The lowest BCUT2D eigenvalue weighted by Gasteiger charge is -2.45. The van der Waals surface area contributed by atoms with Crippen LogP contribution < -0.4 is 19.1 Å². The Bertz CT molecular complexity index is 2310. The molecule has 4 aliphatic rings. The summed E-state index contributed by atoms with van der Waals surface area (Å²) in [5.41, 5.74) is -0.539. The molecule has 3 saturated heterocycles. The summed E-state index contributed by atoms with van der Waals surface area (Å²) in [4.78, 5) is 34.4. The maximum atomic E-state index is 17.6. The molecule has 0 bridgehead atoms. The smallest absolute Gasteiger partial charge is 0.410 e. The van der Waals surface area contributed by atoms with E-state index in [1.165, 1.54) is 13.2 Å². The predicted octanol–water partition coefficient (Wildman–Crippen LogP) is 8.48. The molecule has 0 spiro atoms. The molecule has 59 heavy (non-hydrogen) atoms. The number of fused-ring (bicyclic) bond motifs is 4. The van der Waals surface area contributed by atoms with Gasteiger partial charge in [-0.25, -0.2) is 18.6 Å². The van der Waals surface area contributed by atoms with Crippen LogP contribution in [0.3, 0.4) is 0 Å². The van der Waals surface area contributed by atoms with Gasteiger partial charge >= 0.3 is 12.1 Å². The molecule has 4 aromatic rings. The van der Waals surface area contributed by atoms with Crippen LogP contribution in [0.25, 0.3) is 36.5 Å². The molecule has 8 rings (SSSR count). The number of nitrogens with zero attached hydrogens (tertiary/aromatic N) is 9. The largest absolute Gasteiger partial charge is 0.753 e. The van der Waals surface area contributed by atoms with E-state index in [9.17, 15) is 8.36 Å². The molecule has 3 fully saturated rings. The number of anilines is 1.